The van der Waals surface area contributed by atoms with E-state index >= 15 is 0 Å². The first-order valence-electron chi connectivity index (χ1n) is 8.13. The molecule has 0 unspecified atom stereocenters. The van der Waals surface area contributed by atoms with Gasteiger partial charge in [0.2, 0.25) is 15.8 Å². The molecule has 0 bridgehead atoms. The van der Waals surface area contributed by atoms with Gasteiger partial charge in [-0.25, -0.2) is 18.7 Å². The van der Waals surface area contributed by atoms with Crippen molar-refractivity contribution in [1.29, 1.82) is 0 Å². The molecule has 1 fully saturated rings. The van der Waals surface area contributed by atoms with Gasteiger partial charge in [-0.15, -0.1) is 0 Å². The van der Waals surface area contributed by atoms with Gasteiger partial charge in [-0.1, -0.05) is 30.3 Å². The van der Waals surface area contributed by atoms with Crippen LogP contribution in [0.25, 0.3) is 0 Å². The number of ether oxygens (including phenoxy) is 1. The third-order valence-electron chi connectivity index (χ3n) is 4.15. The Bertz CT molecular complexity index is 768. The smallest absolute Gasteiger partial charge is 0.214 e. The summed E-state index contributed by atoms with van der Waals surface area (Å²) >= 11 is 0. The first-order valence-corrected chi connectivity index (χ1v) is 9.74. The Labute approximate surface area is 147 Å². The van der Waals surface area contributed by atoms with E-state index in [1.54, 1.807) is 0 Å². The largest absolute Gasteiger partial charge is 0.379 e. The molecule has 0 aromatic heterocycles. The topological polar surface area (TPSA) is 90.1 Å². The van der Waals surface area contributed by atoms with Gasteiger partial charge in [-0.3, -0.25) is 4.79 Å². The molecule has 0 N–H and O–H groups in total. The molecule has 2 aliphatic rings. The van der Waals surface area contributed by atoms with Gasteiger partial charge in [0, 0.05) is 31.4 Å². The van der Waals surface area contributed by atoms with Crippen LogP contribution < -0.4 is 5.32 Å². The van der Waals surface area contributed by atoms with E-state index in [1.807, 2.05) is 30.3 Å². The van der Waals surface area contributed by atoms with Crippen molar-refractivity contribution in [2.24, 2.45) is 10.9 Å². The zero-order chi connectivity index (χ0) is 17.7. The Balaban J connectivity index is 1.78. The number of Topliss-reactive ketones (excluding diaryl/α,β-unsaturated/α-hetero) is 1. The molecular formula is C17H20N3O4S. The SMILES string of the molecule is O=C(C1=NC=C[N]1)[C@H](Cc1ccccc1)CS(=O)(=O)N1CCOCC1. The molecule has 1 aromatic rings. The lowest BCUT2D eigenvalue weighted by molar-refractivity contribution is -0.116. The highest BCUT2D eigenvalue weighted by atomic mass is 32.2. The Morgan fingerprint density at radius 2 is 1.88 bits per heavy atom. The maximum absolute atomic E-state index is 12.7. The van der Waals surface area contributed by atoms with Crippen molar-refractivity contribution in [2.45, 2.75) is 6.42 Å². The van der Waals surface area contributed by atoms with Gasteiger partial charge in [0.1, 0.15) is 0 Å². The summed E-state index contributed by atoms with van der Waals surface area (Å²) in [4.78, 5) is 16.7. The number of hydrogen-bond donors (Lipinski definition) is 0. The van der Waals surface area contributed by atoms with E-state index in [0.717, 1.165) is 5.56 Å². The first kappa shape index (κ1) is 17.8. The number of amidine groups is 1. The number of rotatable bonds is 7. The standard InChI is InChI=1S/C17H20N3O4S/c21-16(17-18-6-7-19-17)15(12-14-4-2-1-3-5-14)13-25(22,23)20-8-10-24-11-9-20/h1-7,15H,8-13H2/t15-/m1/s1. The molecule has 2 heterocycles. The minimum Gasteiger partial charge on any atom is -0.379 e. The average molecular weight is 362 g/mol. The van der Waals surface area contributed by atoms with Crippen molar-refractivity contribution < 1.29 is 17.9 Å². The summed E-state index contributed by atoms with van der Waals surface area (Å²) in [6.45, 7) is 1.40. The summed E-state index contributed by atoms with van der Waals surface area (Å²) in [5, 5.41) is 3.93. The second kappa shape index (κ2) is 7.90. The Morgan fingerprint density at radius 3 is 2.52 bits per heavy atom. The maximum Gasteiger partial charge on any atom is 0.214 e. The highest BCUT2D eigenvalue weighted by Gasteiger charge is 2.33. The number of hydrogen-bond acceptors (Lipinski definition) is 5. The van der Waals surface area contributed by atoms with Crippen LogP contribution in [0.2, 0.25) is 0 Å². The number of sulfonamides is 1. The second-order valence-corrected chi connectivity index (χ2v) is 7.93. The summed E-state index contributed by atoms with van der Waals surface area (Å²) in [6.07, 6.45) is 3.20. The zero-order valence-corrected chi connectivity index (χ0v) is 14.6. The Morgan fingerprint density at radius 1 is 1.16 bits per heavy atom. The van der Waals surface area contributed by atoms with Crippen molar-refractivity contribution in [3.8, 4) is 0 Å². The van der Waals surface area contributed by atoms with Crippen LogP contribution in [0.4, 0.5) is 0 Å². The molecule has 1 saturated heterocycles. The highest BCUT2D eigenvalue weighted by Crippen LogP contribution is 2.17. The Hall–Kier alpha value is -2.03. The summed E-state index contributed by atoms with van der Waals surface area (Å²) in [7, 11) is -3.56. The summed E-state index contributed by atoms with van der Waals surface area (Å²) in [5.41, 5.74) is 0.907. The zero-order valence-electron chi connectivity index (χ0n) is 13.7. The molecule has 0 amide bonds. The predicted octanol–water partition coefficient (Wildman–Crippen LogP) is 0.564. The van der Waals surface area contributed by atoms with Crippen molar-refractivity contribution in [3.05, 3.63) is 48.3 Å². The molecule has 3 rings (SSSR count). The second-order valence-electron chi connectivity index (χ2n) is 5.92. The van der Waals surface area contributed by atoms with Gasteiger partial charge in [0.05, 0.1) is 19.0 Å². The molecular weight excluding hydrogens is 342 g/mol. The molecule has 133 valence electrons. The van der Waals surface area contributed by atoms with Crippen LogP contribution in [0.3, 0.4) is 0 Å². The van der Waals surface area contributed by atoms with Gasteiger partial charge < -0.3 is 4.74 Å². The van der Waals surface area contributed by atoms with Gasteiger partial charge >= 0.3 is 0 Å². The average Bonchev–Trinajstić information content (AvgIpc) is 3.17. The molecule has 8 heteroatoms. The fourth-order valence-corrected chi connectivity index (χ4v) is 4.56. The molecule has 7 nitrogen and oxygen atoms in total. The van der Waals surface area contributed by atoms with Crippen LogP contribution in [0.5, 0.6) is 0 Å². The van der Waals surface area contributed by atoms with E-state index in [1.165, 1.54) is 16.7 Å². The van der Waals surface area contributed by atoms with E-state index < -0.39 is 15.9 Å². The van der Waals surface area contributed by atoms with Crippen LogP contribution in [0, 0.1) is 5.92 Å². The number of carbonyl (C=O) groups excluding carboxylic acids is 1. The lowest BCUT2D eigenvalue weighted by atomic mass is 9.96. The minimum absolute atomic E-state index is 0.0677. The summed E-state index contributed by atoms with van der Waals surface area (Å²) in [6, 6.07) is 9.38. The van der Waals surface area contributed by atoms with E-state index in [9.17, 15) is 13.2 Å². The molecule has 25 heavy (non-hydrogen) atoms. The fourth-order valence-electron chi connectivity index (χ4n) is 2.86. The Kier molecular flexibility index (Phi) is 5.62. The van der Waals surface area contributed by atoms with Gasteiger partial charge in [-0.05, 0) is 12.0 Å². The van der Waals surface area contributed by atoms with Gasteiger partial charge in [0.15, 0.2) is 5.84 Å². The lowest BCUT2D eigenvalue weighted by Gasteiger charge is -2.27. The molecule has 0 spiro atoms. The fraction of sp³-hybridized carbons (Fsp3) is 0.412. The van der Waals surface area contributed by atoms with Crippen molar-refractivity contribution in [3.63, 3.8) is 0 Å². The number of morpholine rings is 1. The number of aliphatic imine (C=N–C) groups is 1. The van der Waals surface area contributed by atoms with Crippen molar-refractivity contribution in [2.75, 3.05) is 32.1 Å². The number of ketones is 1. The van der Waals surface area contributed by atoms with E-state index in [-0.39, 0.29) is 17.4 Å². The monoisotopic (exact) mass is 362 g/mol. The first-order chi connectivity index (χ1) is 12.1. The van der Waals surface area contributed by atoms with E-state index in [2.05, 4.69) is 10.3 Å². The number of benzene rings is 1. The third-order valence-corrected chi connectivity index (χ3v) is 6.13. The molecule has 0 aliphatic carbocycles. The number of nitrogens with zero attached hydrogens (tertiary/aromatic N) is 3. The normalized spacial score (nSPS) is 19.3. The van der Waals surface area contributed by atoms with Crippen LogP contribution in [0.15, 0.2) is 47.7 Å². The minimum atomic E-state index is -3.56. The molecule has 0 saturated carbocycles. The molecule has 2 aliphatic heterocycles. The van der Waals surface area contributed by atoms with Crippen LogP contribution >= 0.6 is 0 Å². The van der Waals surface area contributed by atoms with E-state index in [0.29, 0.717) is 32.7 Å². The van der Waals surface area contributed by atoms with Crippen LogP contribution in [-0.4, -0.2) is 56.4 Å². The lowest BCUT2D eigenvalue weighted by Crippen LogP contribution is -2.45. The quantitative estimate of drug-likeness (QED) is 0.709. The summed E-state index contributed by atoms with van der Waals surface area (Å²) in [5.74, 6) is -1.25. The third kappa shape index (κ3) is 4.53. The highest BCUT2D eigenvalue weighted by molar-refractivity contribution is 7.89. The van der Waals surface area contributed by atoms with Crippen LogP contribution in [0.1, 0.15) is 5.56 Å². The molecule has 1 radical (unpaired) electrons. The summed E-state index contributed by atoms with van der Waals surface area (Å²) < 4.78 is 32.1. The van der Waals surface area contributed by atoms with Gasteiger partial charge in [0.25, 0.3) is 0 Å². The molecule has 1 aromatic carbocycles. The predicted molar refractivity (Wildman–Crippen MR) is 93.5 cm³/mol. The van der Waals surface area contributed by atoms with Crippen molar-refractivity contribution >= 4 is 21.6 Å². The number of carbonyl (C=O) groups is 1. The van der Waals surface area contributed by atoms with Crippen molar-refractivity contribution in [1.82, 2.24) is 9.62 Å². The molecule has 1 atom stereocenters. The van der Waals surface area contributed by atoms with E-state index in [4.69, 9.17) is 4.74 Å². The van der Waals surface area contributed by atoms with Gasteiger partial charge in [-0.2, -0.15) is 4.31 Å². The van der Waals surface area contributed by atoms with Crippen LogP contribution in [-0.2, 0) is 26.0 Å². The maximum atomic E-state index is 12.7.